The summed E-state index contributed by atoms with van der Waals surface area (Å²) in [4.78, 5) is 11.4. The van der Waals surface area contributed by atoms with E-state index >= 15 is 0 Å². The van der Waals surface area contributed by atoms with Gasteiger partial charge in [0, 0.05) is 12.5 Å². The molecule has 0 fully saturated rings. The summed E-state index contributed by atoms with van der Waals surface area (Å²) in [6.07, 6.45) is 0.350. The Morgan fingerprint density at radius 1 is 1.35 bits per heavy atom. The lowest BCUT2D eigenvalue weighted by Gasteiger charge is -2.20. The second kappa shape index (κ2) is 4.88. The molecule has 0 saturated carbocycles. The van der Waals surface area contributed by atoms with E-state index < -0.39 is 0 Å². The minimum absolute atomic E-state index is 0.0821. The Bertz CT molecular complexity index is 414. The van der Waals surface area contributed by atoms with Gasteiger partial charge in [0.25, 0.3) is 0 Å². The van der Waals surface area contributed by atoms with Crippen molar-refractivity contribution in [3.8, 4) is 0 Å². The van der Waals surface area contributed by atoms with Crippen LogP contribution < -0.4 is 0 Å². The number of hydrogen-bond acceptors (Lipinski definition) is 3. The maximum absolute atomic E-state index is 11.4. The third-order valence-electron chi connectivity index (χ3n) is 3.87. The molecule has 1 aliphatic rings. The smallest absolute Gasteiger partial charge is 0.306 e. The summed E-state index contributed by atoms with van der Waals surface area (Å²) in [6, 6.07) is 8.12. The van der Waals surface area contributed by atoms with Crippen molar-refractivity contribution in [2.24, 2.45) is 5.92 Å². The summed E-state index contributed by atoms with van der Waals surface area (Å²) in [5.74, 6) is 0.286. The first kappa shape index (κ1) is 12.1. The quantitative estimate of drug-likeness (QED) is 0.814. The molecule has 0 unspecified atom stereocenters. The fourth-order valence-electron chi connectivity index (χ4n) is 2.88. The molecule has 0 bridgehead atoms. The Kier molecular flexibility index (Phi) is 3.48. The van der Waals surface area contributed by atoms with Gasteiger partial charge in [-0.05, 0) is 23.0 Å². The molecule has 0 aromatic heterocycles. The maximum atomic E-state index is 11.4. The van der Waals surface area contributed by atoms with Crippen molar-refractivity contribution < 1.29 is 14.6 Å². The van der Waals surface area contributed by atoms with Gasteiger partial charge in [0.1, 0.15) is 0 Å². The topological polar surface area (TPSA) is 46.5 Å². The molecular weight excluding hydrogens is 216 g/mol. The first-order chi connectivity index (χ1) is 8.19. The van der Waals surface area contributed by atoms with Crippen LogP contribution in [0.4, 0.5) is 0 Å². The van der Waals surface area contributed by atoms with Crippen LogP contribution in [0.15, 0.2) is 24.3 Å². The largest absolute Gasteiger partial charge is 0.469 e. The number of rotatable bonds is 3. The highest BCUT2D eigenvalue weighted by Crippen LogP contribution is 2.47. The highest BCUT2D eigenvalue weighted by molar-refractivity contribution is 5.71. The minimum Gasteiger partial charge on any atom is -0.469 e. The fourth-order valence-corrected chi connectivity index (χ4v) is 2.88. The third-order valence-corrected chi connectivity index (χ3v) is 3.87. The average molecular weight is 234 g/mol. The second-order valence-corrected chi connectivity index (χ2v) is 4.65. The second-order valence-electron chi connectivity index (χ2n) is 4.65. The number of ether oxygens (including phenoxy) is 1. The van der Waals surface area contributed by atoms with Gasteiger partial charge in [0.15, 0.2) is 0 Å². The SMILES string of the molecule is COC(=O)C[C@@H]1c2ccccc2[C@@H](C)[C@H]1CO. The van der Waals surface area contributed by atoms with Crippen LogP contribution in [0.3, 0.4) is 0 Å². The maximum Gasteiger partial charge on any atom is 0.306 e. The lowest BCUT2D eigenvalue weighted by Crippen LogP contribution is -2.18. The predicted octanol–water partition coefficient (Wildman–Crippen LogP) is 2.06. The van der Waals surface area contributed by atoms with Crippen molar-refractivity contribution in [1.82, 2.24) is 0 Å². The average Bonchev–Trinajstić information content (AvgIpc) is 2.63. The monoisotopic (exact) mass is 234 g/mol. The summed E-state index contributed by atoms with van der Waals surface area (Å²) >= 11 is 0. The Morgan fingerprint density at radius 2 is 2.00 bits per heavy atom. The molecule has 1 aliphatic carbocycles. The van der Waals surface area contributed by atoms with Gasteiger partial charge in [-0.25, -0.2) is 0 Å². The number of aliphatic hydroxyl groups is 1. The van der Waals surface area contributed by atoms with E-state index in [0.29, 0.717) is 12.3 Å². The molecule has 1 N–H and O–H groups in total. The summed E-state index contributed by atoms with van der Waals surface area (Å²) < 4.78 is 4.73. The van der Waals surface area contributed by atoms with E-state index in [9.17, 15) is 9.90 Å². The van der Waals surface area contributed by atoms with E-state index in [1.807, 2.05) is 12.1 Å². The summed E-state index contributed by atoms with van der Waals surface area (Å²) in [6.45, 7) is 2.22. The lowest BCUT2D eigenvalue weighted by molar-refractivity contribution is -0.141. The van der Waals surface area contributed by atoms with Gasteiger partial charge in [-0.1, -0.05) is 31.2 Å². The zero-order chi connectivity index (χ0) is 12.4. The Labute approximate surface area is 101 Å². The fraction of sp³-hybridized carbons (Fsp3) is 0.500. The van der Waals surface area contributed by atoms with Gasteiger partial charge < -0.3 is 9.84 Å². The minimum atomic E-state index is -0.211. The van der Waals surface area contributed by atoms with Gasteiger partial charge in [0.05, 0.1) is 13.5 Å². The molecule has 0 radical (unpaired) electrons. The molecule has 0 saturated heterocycles. The molecule has 0 aliphatic heterocycles. The zero-order valence-corrected chi connectivity index (χ0v) is 10.2. The lowest BCUT2D eigenvalue weighted by atomic mass is 9.86. The van der Waals surface area contributed by atoms with Crippen LogP contribution in [0.1, 0.15) is 36.3 Å². The standard InChI is InChI=1S/C14H18O3/c1-9-10-5-3-4-6-11(10)12(13(9)8-15)7-14(16)17-2/h3-6,9,12-13,15H,7-8H2,1-2H3/t9-,12-,13-/m1/s1. The predicted molar refractivity (Wildman–Crippen MR) is 64.8 cm³/mol. The van der Waals surface area contributed by atoms with E-state index in [-0.39, 0.29) is 24.4 Å². The Morgan fingerprint density at radius 3 is 2.59 bits per heavy atom. The molecule has 1 aromatic carbocycles. The van der Waals surface area contributed by atoms with E-state index in [1.54, 1.807) is 0 Å². The molecule has 3 nitrogen and oxygen atoms in total. The van der Waals surface area contributed by atoms with Gasteiger partial charge in [0.2, 0.25) is 0 Å². The van der Waals surface area contributed by atoms with E-state index in [4.69, 9.17) is 4.74 Å². The molecule has 2 rings (SSSR count). The molecule has 0 heterocycles. The summed E-state index contributed by atoms with van der Waals surface area (Å²) in [5.41, 5.74) is 2.44. The zero-order valence-electron chi connectivity index (χ0n) is 10.2. The van der Waals surface area contributed by atoms with Crippen LogP contribution in [0.2, 0.25) is 0 Å². The van der Waals surface area contributed by atoms with Gasteiger partial charge >= 0.3 is 5.97 Å². The van der Waals surface area contributed by atoms with Crippen LogP contribution in [0, 0.1) is 5.92 Å². The van der Waals surface area contributed by atoms with Crippen molar-refractivity contribution in [3.05, 3.63) is 35.4 Å². The van der Waals surface area contributed by atoms with E-state index in [1.165, 1.54) is 18.2 Å². The third kappa shape index (κ3) is 2.07. The molecule has 3 atom stereocenters. The number of methoxy groups -OCH3 is 1. The first-order valence-corrected chi connectivity index (χ1v) is 5.95. The highest BCUT2D eigenvalue weighted by atomic mass is 16.5. The number of benzene rings is 1. The van der Waals surface area contributed by atoms with Crippen molar-refractivity contribution in [2.75, 3.05) is 13.7 Å². The molecule has 3 heteroatoms. The van der Waals surface area contributed by atoms with Crippen molar-refractivity contribution in [3.63, 3.8) is 0 Å². The number of carbonyl (C=O) groups excluding carboxylic acids is 1. The molecule has 17 heavy (non-hydrogen) atoms. The van der Waals surface area contributed by atoms with Crippen molar-refractivity contribution in [2.45, 2.75) is 25.2 Å². The normalized spacial score (nSPS) is 26.6. The molecule has 0 amide bonds. The Hall–Kier alpha value is -1.35. The van der Waals surface area contributed by atoms with Crippen LogP contribution in [0.25, 0.3) is 0 Å². The van der Waals surface area contributed by atoms with Crippen LogP contribution >= 0.6 is 0 Å². The van der Waals surface area contributed by atoms with Gasteiger partial charge in [-0.15, -0.1) is 0 Å². The van der Waals surface area contributed by atoms with Crippen LogP contribution in [0.5, 0.6) is 0 Å². The van der Waals surface area contributed by atoms with Crippen molar-refractivity contribution in [1.29, 1.82) is 0 Å². The Balaban J connectivity index is 2.32. The van der Waals surface area contributed by atoms with E-state index in [2.05, 4.69) is 19.1 Å². The highest BCUT2D eigenvalue weighted by Gasteiger charge is 2.38. The first-order valence-electron chi connectivity index (χ1n) is 5.95. The number of fused-ring (bicyclic) bond motifs is 1. The number of hydrogen-bond donors (Lipinski definition) is 1. The van der Waals surface area contributed by atoms with E-state index in [0.717, 1.165) is 0 Å². The summed E-state index contributed by atoms with van der Waals surface area (Å²) in [7, 11) is 1.40. The molecular formula is C14H18O3. The van der Waals surface area contributed by atoms with Gasteiger partial charge in [-0.2, -0.15) is 0 Å². The van der Waals surface area contributed by atoms with Crippen LogP contribution in [-0.2, 0) is 9.53 Å². The molecule has 1 aromatic rings. The number of carbonyl (C=O) groups is 1. The van der Waals surface area contributed by atoms with Crippen LogP contribution in [-0.4, -0.2) is 24.8 Å². The van der Waals surface area contributed by atoms with Crippen molar-refractivity contribution >= 4 is 5.97 Å². The molecule has 0 spiro atoms. The number of esters is 1. The summed E-state index contributed by atoms with van der Waals surface area (Å²) in [5, 5.41) is 9.51. The van der Waals surface area contributed by atoms with Gasteiger partial charge in [-0.3, -0.25) is 4.79 Å². The molecule has 92 valence electrons. The number of aliphatic hydroxyl groups excluding tert-OH is 1.